The van der Waals surface area contributed by atoms with Gasteiger partial charge in [0.05, 0.1) is 6.10 Å². The van der Waals surface area contributed by atoms with Gasteiger partial charge < -0.3 is 25.1 Å². The average Bonchev–Trinajstić information content (AvgIpc) is 2.77. The van der Waals surface area contributed by atoms with E-state index in [1.807, 2.05) is 20.3 Å². The van der Waals surface area contributed by atoms with Gasteiger partial charge in [-0.3, -0.25) is 4.79 Å². The first-order valence-corrected chi connectivity index (χ1v) is 12.8. The molecular formula is C26H44N2O7. The number of carboxylic acid groups (broad SMARTS) is 2. The maximum Gasteiger partial charge on any atom is 0.414 e. The third kappa shape index (κ3) is 7.03. The molecule has 0 aliphatic heterocycles. The number of Topliss-reactive ketones (excluding diaryl/α,β-unsaturated/α-hetero) is 1. The summed E-state index contributed by atoms with van der Waals surface area (Å²) < 4.78 is 0. The lowest BCUT2D eigenvalue weighted by Gasteiger charge is -2.58. The van der Waals surface area contributed by atoms with Crippen molar-refractivity contribution in [2.45, 2.75) is 78.2 Å². The van der Waals surface area contributed by atoms with Crippen molar-refractivity contribution in [2.24, 2.45) is 39.7 Å². The molecule has 7 atom stereocenters. The number of rotatable bonds is 7. The number of carbonyl (C=O) groups excluding carboxylic acids is 1. The molecule has 3 saturated carbocycles. The van der Waals surface area contributed by atoms with Gasteiger partial charge in [-0.05, 0) is 76.3 Å². The van der Waals surface area contributed by atoms with E-state index in [1.165, 1.54) is 0 Å². The summed E-state index contributed by atoms with van der Waals surface area (Å²) in [6.45, 7) is 8.17. The minimum Gasteiger partial charge on any atom is -0.473 e. The first kappa shape index (κ1) is 29.2. The number of hydrogen-bond acceptors (Lipinski definition) is 7. The van der Waals surface area contributed by atoms with Crippen molar-refractivity contribution >= 4 is 23.9 Å². The molecule has 9 heteroatoms. The van der Waals surface area contributed by atoms with Crippen molar-refractivity contribution in [1.29, 1.82) is 0 Å². The summed E-state index contributed by atoms with van der Waals surface area (Å²) in [5.74, 6) is -1.92. The fourth-order valence-corrected chi connectivity index (χ4v) is 6.73. The zero-order valence-electron chi connectivity index (χ0n) is 21.9. The number of hydrogen-bond donors (Lipinski definition) is 3. The zero-order chi connectivity index (χ0) is 26.4. The summed E-state index contributed by atoms with van der Waals surface area (Å²) in [6, 6.07) is 0. The predicted molar refractivity (Wildman–Crippen MR) is 132 cm³/mol. The molecule has 3 fully saturated rings. The Morgan fingerprint density at radius 2 is 1.83 bits per heavy atom. The van der Waals surface area contributed by atoms with Crippen LogP contribution in [0, 0.1) is 34.5 Å². The van der Waals surface area contributed by atoms with Gasteiger partial charge in [0.25, 0.3) is 0 Å². The van der Waals surface area contributed by atoms with E-state index < -0.39 is 11.9 Å². The van der Waals surface area contributed by atoms with Gasteiger partial charge in [-0.1, -0.05) is 32.3 Å². The van der Waals surface area contributed by atoms with Gasteiger partial charge in [-0.25, -0.2) is 9.59 Å². The number of oxime groups is 1. The van der Waals surface area contributed by atoms with Gasteiger partial charge in [0.1, 0.15) is 12.4 Å². The van der Waals surface area contributed by atoms with E-state index in [4.69, 9.17) is 24.6 Å². The number of aliphatic hydroxyl groups is 1. The minimum atomic E-state index is -1.82. The van der Waals surface area contributed by atoms with Crippen LogP contribution in [-0.4, -0.2) is 77.5 Å². The van der Waals surface area contributed by atoms with Crippen LogP contribution < -0.4 is 0 Å². The summed E-state index contributed by atoms with van der Waals surface area (Å²) >= 11 is 0. The first-order valence-electron chi connectivity index (χ1n) is 12.8. The van der Waals surface area contributed by atoms with Gasteiger partial charge in [-0.15, -0.1) is 0 Å². The van der Waals surface area contributed by atoms with Gasteiger partial charge in [0.15, 0.2) is 0 Å². The molecular weight excluding hydrogens is 452 g/mol. The summed E-state index contributed by atoms with van der Waals surface area (Å²) in [4.78, 5) is 39.1. The molecule has 3 aliphatic carbocycles. The number of likely N-dealkylation sites (N-methyl/N-ethyl adjacent to an activating group) is 1. The molecule has 0 heterocycles. The van der Waals surface area contributed by atoms with Crippen LogP contribution in [0.4, 0.5) is 0 Å². The van der Waals surface area contributed by atoms with Crippen molar-refractivity contribution in [2.75, 3.05) is 27.2 Å². The molecule has 0 aromatic carbocycles. The Balaban J connectivity index is 0.000000641. The molecule has 0 aromatic rings. The second-order valence-electron chi connectivity index (χ2n) is 11.4. The summed E-state index contributed by atoms with van der Waals surface area (Å²) in [5.41, 5.74) is 0.000105. The molecule has 0 radical (unpaired) electrons. The van der Waals surface area contributed by atoms with Crippen LogP contribution in [-0.2, 0) is 19.2 Å². The largest absolute Gasteiger partial charge is 0.473 e. The Morgan fingerprint density at radius 3 is 2.40 bits per heavy atom. The molecule has 0 amide bonds. The SMILES string of the molecule is CCC[C@@]1(C)CC[C@H]2[C@@H](CCC3C[C@@H](O)C(/C=N\OCCN(C)C)C[C@@]32C)C1=O.O=C(O)C(=O)O. The Morgan fingerprint density at radius 1 is 1.17 bits per heavy atom. The van der Waals surface area contributed by atoms with Crippen LogP contribution in [0.3, 0.4) is 0 Å². The number of nitrogens with zero attached hydrogens (tertiary/aromatic N) is 2. The molecule has 0 spiro atoms. The van der Waals surface area contributed by atoms with E-state index >= 15 is 0 Å². The van der Waals surface area contributed by atoms with Crippen molar-refractivity contribution in [1.82, 2.24) is 4.90 Å². The Bertz CT molecular complexity index is 774. The highest BCUT2D eigenvalue weighted by Gasteiger charge is 2.57. The fraction of sp³-hybridized carbons (Fsp3) is 0.846. The molecule has 2 unspecified atom stereocenters. The van der Waals surface area contributed by atoms with Crippen molar-refractivity contribution in [3.8, 4) is 0 Å². The Kier molecular flexibility index (Phi) is 10.3. The van der Waals surface area contributed by atoms with E-state index in [-0.39, 0.29) is 28.8 Å². The van der Waals surface area contributed by atoms with Crippen molar-refractivity contribution in [3.63, 3.8) is 0 Å². The molecule has 35 heavy (non-hydrogen) atoms. The molecule has 3 rings (SSSR count). The molecule has 9 nitrogen and oxygen atoms in total. The van der Waals surface area contributed by atoms with Crippen molar-refractivity contribution < 1.29 is 34.5 Å². The number of ketones is 1. The maximum absolute atomic E-state index is 13.4. The number of fused-ring (bicyclic) bond motifs is 3. The topological polar surface area (TPSA) is 137 Å². The summed E-state index contributed by atoms with van der Waals surface area (Å²) in [7, 11) is 4.02. The molecule has 200 valence electrons. The number of carboxylic acids is 2. The smallest absolute Gasteiger partial charge is 0.414 e. The molecule has 0 saturated heterocycles. The third-order valence-corrected chi connectivity index (χ3v) is 8.67. The van der Waals surface area contributed by atoms with E-state index in [1.54, 1.807) is 0 Å². The Hall–Kier alpha value is -2.00. The molecule has 3 aliphatic rings. The highest BCUT2D eigenvalue weighted by atomic mass is 16.6. The standard InChI is InChI=1S/C24H42N2O3.C2H2O4/c1-6-10-23(2)11-9-20-19(22(23)28)8-7-18-14-21(27)17(15-24(18,20)3)16-25-29-13-12-26(4)5;3-1(4)2(5)6/h16-21,27H,6-15H2,1-5H3;(H,3,4)(H,5,6)/b25-16-;/t17?,18?,19-,20+,21-,23+,24+;/m1./s1. The second-order valence-corrected chi connectivity index (χ2v) is 11.4. The van der Waals surface area contributed by atoms with E-state index in [9.17, 15) is 9.90 Å². The van der Waals surface area contributed by atoms with Crippen LogP contribution in [0.15, 0.2) is 5.16 Å². The van der Waals surface area contributed by atoms with Crippen LogP contribution in [0.5, 0.6) is 0 Å². The fourth-order valence-electron chi connectivity index (χ4n) is 6.73. The molecule has 0 aromatic heterocycles. The van der Waals surface area contributed by atoms with Gasteiger partial charge in [0, 0.05) is 30.0 Å². The van der Waals surface area contributed by atoms with Gasteiger partial charge >= 0.3 is 11.9 Å². The van der Waals surface area contributed by atoms with E-state index in [0.717, 1.165) is 57.9 Å². The molecule has 0 bridgehead atoms. The normalized spacial score (nSPS) is 36.7. The highest BCUT2D eigenvalue weighted by molar-refractivity contribution is 6.27. The first-order chi connectivity index (χ1) is 16.4. The number of aliphatic carboxylic acids is 2. The van der Waals surface area contributed by atoms with E-state index in [0.29, 0.717) is 24.2 Å². The lowest BCUT2D eigenvalue weighted by atomic mass is 9.45. The predicted octanol–water partition coefficient (Wildman–Crippen LogP) is 3.29. The number of carbonyl (C=O) groups is 3. The van der Waals surface area contributed by atoms with Crippen LogP contribution in [0.25, 0.3) is 0 Å². The van der Waals surface area contributed by atoms with Gasteiger partial charge in [-0.2, -0.15) is 0 Å². The van der Waals surface area contributed by atoms with Crippen LogP contribution in [0.1, 0.15) is 72.1 Å². The summed E-state index contributed by atoms with van der Waals surface area (Å²) in [5, 5.41) is 29.7. The van der Waals surface area contributed by atoms with E-state index in [2.05, 4.69) is 30.8 Å². The monoisotopic (exact) mass is 496 g/mol. The van der Waals surface area contributed by atoms with Crippen LogP contribution in [0.2, 0.25) is 0 Å². The summed E-state index contributed by atoms with van der Waals surface area (Å²) in [6.07, 6.45) is 9.59. The lowest BCUT2D eigenvalue weighted by molar-refractivity contribution is -0.159. The third-order valence-electron chi connectivity index (χ3n) is 8.67. The highest BCUT2D eigenvalue weighted by Crippen LogP contribution is 2.61. The van der Waals surface area contributed by atoms with Gasteiger partial charge in [0.2, 0.25) is 0 Å². The van der Waals surface area contributed by atoms with Crippen LogP contribution >= 0.6 is 0 Å². The lowest BCUT2D eigenvalue weighted by Crippen LogP contribution is -2.56. The zero-order valence-corrected chi connectivity index (χ0v) is 21.9. The minimum absolute atomic E-state index is 0.0217. The van der Waals surface area contributed by atoms with Crippen molar-refractivity contribution in [3.05, 3.63) is 0 Å². The number of aliphatic hydroxyl groups excluding tert-OH is 1. The average molecular weight is 497 g/mol. The molecule has 3 N–H and O–H groups in total. The maximum atomic E-state index is 13.4. The quantitative estimate of drug-likeness (QED) is 0.211. The Labute approximate surface area is 208 Å². The second kappa shape index (κ2) is 12.3.